The molecule has 0 aliphatic carbocycles. The lowest BCUT2D eigenvalue weighted by Gasteiger charge is -2.11. The molecule has 2 aromatic rings. The number of aromatic hydroxyl groups is 1. The van der Waals surface area contributed by atoms with E-state index in [1.54, 1.807) is 36.4 Å². The van der Waals surface area contributed by atoms with Crippen molar-refractivity contribution in [2.75, 3.05) is 19.8 Å². The Labute approximate surface area is 157 Å². The highest BCUT2D eigenvalue weighted by atomic mass is 16.5. The summed E-state index contributed by atoms with van der Waals surface area (Å²) in [6.07, 6.45) is 1.50. The Hall–Kier alpha value is -3.32. The SMILES string of the molecule is CCOc1ccc(C=C(NC(=O)c2ccccc2O)C(=O)NCCO)cc1. The Morgan fingerprint density at radius 1 is 1.11 bits per heavy atom. The summed E-state index contributed by atoms with van der Waals surface area (Å²) in [5.74, 6) is -0.670. The first kappa shape index (κ1) is 20.0. The van der Waals surface area contributed by atoms with Gasteiger partial charge >= 0.3 is 0 Å². The molecule has 7 heteroatoms. The van der Waals surface area contributed by atoms with Gasteiger partial charge in [0.05, 0.1) is 18.8 Å². The highest BCUT2D eigenvalue weighted by molar-refractivity contribution is 6.06. The zero-order valence-corrected chi connectivity index (χ0v) is 14.9. The van der Waals surface area contributed by atoms with Gasteiger partial charge in [-0.3, -0.25) is 9.59 Å². The fraction of sp³-hybridized carbons (Fsp3) is 0.200. The molecule has 2 rings (SSSR count). The highest BCUT2D eigenvalue weighted by Crippen LogP contribution is 2.17. The molecule has 0 atom stereocenters. The second kappa shape index (κ2) is 9.98. The number of ether oxygens (including phenoxy) is 1. The number of rotatable bonds is 8. The van der Waals surface area contributed by atoms with Gasteiger partial charge in [0.2, 0.25) is 0 Å². The maximum Gasteiger partial charge on any atom is 0.267 e. The van der Waals surface area contributed by atoms with E-state index in [0.29, 0.717) is 17.9 Å². The van der Waals surface area contributed by atoms with Crippen molar-refractivity contribution >= 4 is 17.9 Å². The number of carbonyl (C=O) groups excluding carboxylic acids is 2. The van der Waals surface area contributed by atoms with Gasteiger partial charge in [0.25, 0.3) is 11.8 Å². The van der Waals surface area contributed by atoms with E-state index in [1.807, 2.05) is 6.92 Å². The number of aliphatic hydroxyl groups is 1. The van der Waals surface area contributed by atoms with Crippen LogP contribution in [-0.4, -0.2) is 41.8 Å². The lowest BCUT2D eigenvalue weighted by atomic mass is 10.1. The van der Waals surface area contributed by atoms with Gasteiger partial charge < -0.3 is 25.6 Å². The normalized spacial score (nSPS) is 11.0. The summed E-state index contributed by atoms with van der Waals surface area (Å²) < 4.78 is 5.38. The zero-order valence-electron chi connectivity index (χ0n) is 14.9. The summed E-state index contributed by atoms with van der Waals surface area (Å²) in [4.78, 5) is 24.8. The Morgan fingerprint density at radius 2 is 1.81 bits per heavy atom. The topological polar surface area (TPSA) is 108 Å². The Kier molecular flexibility index (Phi) is 7.39. The molecule has 7 nitrogen and oxygen atoms in total. The third-order valence-electron chi connectivity index (χ3n) is 3.54. The molecule has 142 valence electrons. The molecule has 0 heterocycles. The summed E-state index contributed by atoms with van der Waals surface area (Å²) >= 11 is 0. The van der Waals surface area contributed by atoms with Gasteiger partial charge in [0.15, 0.2) is 0 Å². The molecule has 0 radical (unpaired) electrons. The van der Waals surface area contributed by atoms with Gasteiger partial charge in [0.1, 0.15) is 17.2 Å². The maximum absolute atomic E-state index is 12.4. The van der Waals surface area contributed by atoms with Crippen molar-refractivity contribution in [1.82, 2.24) is 10.6 Å². The summed E-state index contributed by atoms with van der Waals surface area (Å²) in [6.45, 7) is 2.24. The Bertz CT molecular complexity index is 815. The van der Waals surface area contributed by atoms with Crippen molar-refractivity contribution in [3.8, 4) is 11.5 Å². The van der Waals surface area contributed by atoms with Crippen molar-refractivity contribution < 1.29 is 24.5 Å². The third kappa shape index (κ3) is 5.86. The molecule has 2 aromatic carbocycles. The standard InChI is InChI=1S/C20H22N2O5/c1-2-27-15-9-7-14(8-10-15)13-17(20(26)21-11-12-23)22-19(25)16-5-3-4-6-18(16)24/h3-10,13,23-24H,2,11-12H2,1H3,(H,21,26)(H,22,25). The minimum atomic E-state index is -0.621. The molecule has 2 amide bonds. The number of nitrogens with one attached hydrogen (secondary N) is 2. The van der Waals surface area contributed by atoms with Crippen LogP contribution in [0.25, 0.3) is 6.08 Å². The molecule has 0 fully saturated rings. The first-order chi connectivity index (χ1) is 13.0. The van der Waals surface area contributed by atoms with Crippen LogP contribution in [0.1, 0.15) is 22.8 Å². The fourth-order valence-corrected chi connectivity index (χ4v) is 2.27. The molecule has 0 spiro atoms. The van der Waals surface area contributed by atoms with E-state index in [9.17, 15) is 14.7 Å². The summed E-state index contributed by atoms with van der Waals surface area (Å²) in [6, 6.07) is 13.0. The van der Waals surface area contributed by atoms with Crippen molar-refractivity contribution in [3.63, 3.8) is 0 Å². The van der Waals surface area contributed by atoms with Crippen LogP contribution in [0.2, 0.25) is 0 Å². The van der Waals surface area contributed by atoms with Crippen LogP contribution in [-0.2, 0) is 4.79 Å². The van der Waals surface area contributed by atoms with E-state index in [2.05, 4.69) is 10.6 Å². The largest absolute Gasteiger partial charge is 0.507 e. The molecule has 0 aliphatic heterocycles. The molecule has 27 heavy (non-hydrogen) atoms. The lowest BCUT2D eigenvalue weighted by Crippen LogP contribution is -2.36. The third-order valence-corrected chi connectivity index (χ3v) is 3.54. The van der Waals surface area contributed by atoms with Gasteiger partial charge in [-0.2, -0.15) is 0 Å². The predicted octanol–water partition coefficient (Wildman–Crippen LogP) is 1.67. The van der Waals surface area contributed by atoms with Crippen LogP contribution >= 0.6 is 0 Å². The highest BCUT2D eigenvalue weighted by Gasteiger charge is 2.16. The van der Waals surface area contributed by atoms with Crippen molar-refractivity contribution in [1.29, 1.82) is 0 Å². The Balaban J connectivity index is 2.26. The number of hydrogen-bond acceptors (Lipinski definition) is 5. The molecule has 0 aliphatic rings. The second-order valence-corrected chi connectivity index (χ2v) is 5.51. The van der Waals surface area contributed by atoms with Gasteiger partial charge in [-0.25, -0.2) is 0 Å². The number of benzene rings is 2. The molecular weight excluding hydrogens is 348 g/mol. The van der Waals surface area contributed by atoms with Crippen LogP contribution in [0.5, 0.6) is 11.5 Å². The molecule has 0 saturated heterocycles. The second-order valence-electron chi connectivity index (χ2n) is 5.51. The fourth-order valence-electron chi connectivity index (χ4n) is 2.27. The molecule has 0 bridgehead atoms. The summed E-state index contributed by atoms with van der Waals surface area (Å²) in [5, 5.41) is 23.7. The zero-order chi connectivity index (χ0) is 19.6. The first-order valence-electron chi connectivity index (χ1n) is 8.48. The van der Waals surface area contributed by atoms with E-state index in [0.717, 1.165) is 0 Å². The number of phenols is 1. The summed E-state index contributed by atoms with van der Waals surface area (Å²) in [5.41, 5.74) is 0.705. The molecule has 0 saturated carbocycles. The van der Waals surface area contributed by atoms with Crippen LogP contribution in [0.15, 0.2) is 54.2 Å². The molecular formula is C20H22N2O5. The number of hydrogen-bond donors (Lipinski definition) is 4. The monoisotopic (exact) mass is 370 g/mol. The van der Waals surface area contributed by atoms with E-state index < -0.39 is 11.8 Å². The number of aliphatic hydroxyl groups excluding tert-OH is 1. The van der Waals surface area contributed by atoms with Crippen LogP contribution in [0.4, 0.5) is 0 Å². The number of carbonyl (C=O) groups is 2. The van der Waals surface area contributed by atoms with Crippen molar-refractivity contribution in [2.45, 2.75) is 6.92 Å². The van der Waals surface area contributed by atoms with E-state index in [4.69, 9.17) is 9.84 Å². The average molecular weight is 370 g/mol. The minimum Gasteiger partial charge on any atom is -0.507 e. The smallest absolute Gasteiger partial charge is 0.267 e. The lowest BCUT2D eigenvalue weighted by molar-refractivity contribution is -0.117. The van der Waals surface area contributed by atoms with Gasteiger partial charge in [0, 0.05) is 6.54 Å². The maximum atomic E-state index is 12.4. The van der Waals surface area contributed by atoms with Crippen LogP contribution in [0.3, 0.4) is 0 Å². The van der Waals surface area contributed by atoms with Gasteiger partial charge in [-0.15, -0.1) is 0 Å². The molecule has 0 unspecified atom stereocenters. The van der Waals surface area contributed by atoms with Crippen molar-refractivity contribution in [3.05, 3.63) is 65.4 Å². The minimum absolute atomic E-state index is 0.0131. The van der Waals surface area contributed by atoms with Crippen LogP contribution in [0, 0.1) is 0 Å². The first-order valence-corrected chi connectivity index (χ1v) is 8.48. The van der Waals surface area contributed by atoms with E-state index >= 15 is 0 Å². The Morgan fingerprint density at radius 3 is 2.44 bits per heavy atom. The predicted molar refractivity (Wildman–Crippen MR) is 101 cm³/mol. The van der Waals surface area contributed by atoms with E-state index in [1.165, 1.54) is 18.2 Å². The van der Waals surface area contributed by atoms with Gasteiger partial charge in [-0.1, -0.05) is 24.3 Å². The van der Waals surface area contributed by atoms with Gasteiger partial charge in [-0.05, 0) is 42.8 Å². The average Bonchev–Trinajstić information content (AvgIpc) is 2.67. The summed E-state index contributed by atoms with van der Waals surface area (Å²) in [7, 11) is 0. The molecule has 4 N–H and O–H groups in total. The van der Waals surface area contributed by atoms with Crippen molar-refractivity contribution in [2.24, 2.45) is 0 Å². The van der Waals surface area contributed by atoms with E-state index in [-0.39, 0.29) is 30.2 Å². The van der Waals surface area contributed by atoms with Crippen LogP contribution < -0.4 is 15.4 Å². The number of amides is 2. The number of para-hydroxylation sites is 1. The number of phenolic OH excluding ortho intramolecular Hbond substituents is 1. The molecule has 0 aromatic heterocycles. The quantitative estimate of drug-likeness (QED) is 0.529.